The fourth-order valence-corrected chi connectivity index (χ4v) is 4.73. The molecule has 0 radical (unpaired) electrons. The van der Waals surface area contributed by atoms with Crippen LogP contribution in [-0.2, 0) is 17.8 Å². The topological polar surface area (TPSA) is 38.8 Å². The van der Waals surface area contributed by atoms with Crippen molar-refractivity contribution in [3.8, 4) is 11.5 Å². The van der Waals surface area contributed by atoms with E-state index in [1.165, 1.54) is 17.3 Å². The average molecular weight is 476 g/mol. The van der Waals surface area contributed by atoms with Crippen molar-refractivity contribution in [2.45, 2.75) is 20.0 Å². The number of carbonyl (C=O) groups is 1. The zero-order valence-corrected chi connectivity index (χ0v) is 20.2. The summed E-state index contributed by atoms with van der Waals surface area (Å²) < 4.78 is 11.7. The van der Waals surface area contributed by atoms with E-state index in [1.807, 2.05) is 54.6 Å². The quantitative estimate of drug-likeness (QED) is 0.294. The van der Waals surface area contributed by atoms with Gasteiger partial charge in [-0.1, -0.05) is 78.1 Å². The van der Waals surface area contributed by atoms with Gasteiger partial charge in [0.15, 0.2) is 0 Å². The first-order chi connectivity index (χ1) is 16.0. The lowest BCUT2D eigenvalue weighted by molar-refractivity contribution is -0.122. The SMILES string of the molecule is COc1ccc(CCN2C(=O)/C(=C/c3cccc(OCc4ccc(C)cc4)c3)SC2=S)cc1. The second-order valence-corrected chi connectivity index (χ2v) is 9.45. The molecule has 4 rings (SSSR count). The Morgan fingerprint density at radius 2 is 1.70 bits per heavy atom. The van der Waals surface area contributed by atoms with Gasteiger partial charge in [-0.25, -0.2) is 0 Å². The Morgan fingerprint density at radius 3 is 2.42 bits per heavy atom. The van der Waals surface area contributed by atoms with Gasteiger partial charge < -0.3 is 9.47 Å². The van der Waals surface area contributed by atoms with Gasteiger partial charge in [0.05, 0.1) is 12.0 Å². The monoisotopic (exact) mass is 475 g/mol. The molecular weight excluding hydrogens is 450 g/mol. The molecule has 4 nitrogen and oxygen atoms in total. The Morgan fingerprint density at radius 1 is 0.970 bits per heavy atom. The number of carbonyl (C=O) groups excluding carboxylic acids is 1. The van der Waals surface area contributed by atoms with E-state index in [2.05, 4.69) is 31.2 Å². The summed E-state index contributed by atoms with van der Waals surface area (Å²) in [6, 6.07) is 23.9. The first-order valence-electron chi connectivity index (χ1n) is 10.7. The van der Waals surface area contributed by atoms with Gasteiger partial charge in [-0.3, -0.25) is 9.69 Å². The molecule has 3 aromatic carbocycles. The van der Waals surface area contributed by atoms with Gasteiger partial charge in [-0.05, 0) is 60.4 Å². The Balaban J connectivity index is 1.39. The summed E-state index contributed by atoms with van der Waals surface area (Å²) in [7, 11) is 1.65. The molecule has 3 aromatic rings. The third-order valence-electron chi connectivity index (χ3n) is 5.34. The number of hydrogen-bond acceptors (Lipinski definition) is 5. The number of thioether (sulfide) groups is 1. The second kappa shape index (κ2) is 10.7. The zero-order chi connectivity index (χ0) is 23.2. The zero-order valence-electron chi connectivity index (χ0n) is 18.6. The number of benzene rings is 3. The van der Waals surface area contributed by atoms with E-state index < -0.39 is 0 Å². The molecular formula is C27H25NO3S2. The molecule has 1 aliphatic heterocycles. The predicted octanol–water partition coefficient (Wildman–Crippen LogP) is 6.03. The van der Waals surface area contributed by atoms with E-state index in [1.54, 1.807) is 12.0 Å². The molecule has 6 heteroatoms. The minimum Gasteiger partial charge on any atom is -0.497 e. The second-order valence-electron chi connectivity index (χ2n) is 7.78. The van der Waals surface area contributed by atoms with Crippen molar-refractivity contribution < 1.29 is 14.3 Å². The van der Waals surface area contributed by atoms with E-state index in [-0.39, 0.29) is 5.91 Å². The standard InChI is InChI=1S/C27H25NO3S2/c1-19-6-8-21(9-7-19)18-31-24-5-3-4-22(16-24)17-25-26(29)28(27(32)33-25)15-14-20-10-12-23(30-2)13-11-20/h3-13,16-17H,14-15,18H2,1-2H3/b25-17-. The van der Waals surface area contributed by atoms with Crippen LogP contribution in [0.4, 0.5) is 0 Å². The number of thiocarbonyl (C=S) groups is 1. The van der Waals surface area contributed by atoms with Crippen LogP contribution in [0.1, 0.15) is 22.3 Å². The molecule has 33 heavy (non-hydrogen) atoms. The highest BCUT2D eigenvalue weighted by atomic mass is 32.2. The van der Waals surface area contributed by atoms with Gasteiger partial charge in [-0.15, -0.1) is 0 Å². The lowest BCUT2D eigenvalue weighted by atomic mass is 10.1. The summed E-state index contributed by atoms with van der Waals surface area (Å²) in [6.07, 6.45) is 2.61. The smallest absolute Gasteiger partial charge is 0.266 e. The van der Waals surface area contributed by atoms with Gasteiger partial charge in [0.25, 0.3) is 5.91 Å². The van der Waals surface area contributed by atoms with Gasteiger partial charge in [0.2, 0.25) is 0 Å². The Bertz CT molecular complexity index is 1170. The van der Waals surface area contributed by atoms with Crippen LogP contribution in [0.2, 0.25) is 0 Å². The number of nitrogens with zero attached hydrogens (tertiary/aromatic N) is 1. The van der Waals surface area contributed by atoms with Gasteiger partial charge >= 0.3 is 0 Å². The van der Waals surface area contributed by atoms with Crippen molar-refractivity contribution in [2.75, 3.05) is 13.7 Å². The highest BCUT2D eigenvalue weighted by Crippen LogP contribution is 2.33. The predicted molar refractivity (Wildman–Crippen MR) is 139 cm³/mol. The fraction of sp³-hybridized carbons (Fsp3) is 0.185. The molecule has 1 fully saturated rings. The molecule has 0 unspecified atom stereocenters. The van der Waals surface area contributed by atoms with E-state index in [0.717, 1.165) is 34.6 Å². The first kappa shape index (κ1) is 23.1. The van der Waals surface area contributed by atoms with Gasteiger partial charge in [-0.2, -0.15) is 0 Å². The van der Waals surface area contributed by atoms with E-state index in [0.29, 0.717) is 22.4 Å². The van der Waals surface area contributed by atoms with Crippen molar-refractivity contribution >= 4 is 40.3 Å². The normalized spacial score (nSPS) is 14.7. The molecule has 1 aliphatic rings. The maximum absolute atomic E-state index is 13.0. The largest absolute Gasteiger partial charge is 0.497 e. The number of rotatable bonds is 8. The molecule has 0 N–H and O–H groups in total. The lowest BCUT2D eigenvalue weighted by Gasteiger charge is -2.14. The van der Waals surface area contributed by atoms with E-state index in [9.17, 15) is 4.79 Å². The Kier molecular flexibility index (Phi) is 7.47. The van der Waals surface area contributed by atoms with Gasteiger partial charge in [0.1, 0.15) is 22.4 Å². The van der Waals surface area contributed by atoms with Crippen molar-refractivity contribution in [3.05, 3.63) is 100.0 Å². The third kappa shape index (κ3) is 6.03. The number of hydrogen-bond donors (Lipinski definition) is 0. The van der Waals surface area contributed by atoms with Crippen LogP contribution < -0.4 is 9.47 Å². The molecule has 1 heterocycles. The number of ether oxygens (including phenoxy) is 2. The molecule has 168 valence electrons. The van der Waals surface area contributed by atoms with Crippen LogP contribution in [0, 0.1) is 6.92 Å². The summed E-state index contributed by atoms with van der Waals surface area (Å²) in [5, 5.41) is 0. The molecule has 0 atom stereocenters. The summed E-state index contributed by atoms with van der Waals surface area (Å²) in [4.78, 5) is 15.3. The summed E-state index contributed by atoms with van der Waals surface area (Å²) >= 11 is 6.82. The minimum absolute atomic E-state index is 0.0514. The molecule has 1 saturated heterocycles. The van der Waals surface area contributed by atoms with Crippen LogP contribution in [-0.4, -0.2) is 28.8 Å². The Hall–Kier alpha value is -3.09. The maximum atomic E-state index is 13.0. The van der Waals surface area contributed by atoms with Crippen LogP contribution >= 0.6 is 24.0 Å². The van der Waals surface area contributed by atoms with Crippen LogP contribution in [0.15, 0.2) is 77.7 Å². The average Bonchev–Trinajstić information content (AvgIpc) is 3.10. The molecule has 0 aliphatic carbocycles. The maximum Gasteiger partial charge on any atom is 0.266 e. The molecule has 0 aromatic heterocycles. The first-order valence-corrected chi connectivity index (χ1v) is 11.9. The minimum atomic E-state index is -0.0514. The van der Waals surface area contributed by atoms with Crippen molar-refractivity contribution in [1.29, 1.82) is 0 Å². The van der Waals surface area contributed by atoms with Crippen molar-refractivity contribution in [2.24, 2.45) is 0 Å². The highest BCUT2D eigenvalue weighted by Gasteiger charge is 2.31. The van der Waals surface area contributed by atoms with Crippen LogP contribution in [0.25, 0.3) is 6.08 Å². The van der Waals surface area contributed by atoms with Gasteiger partial charge in [0, 0.05) is 6.54 Å². The molecule has 0 saturated carbocycles. The molecule has 0 spiro atoms. The van der Waals surface area contributed by atoms with E-state index >= 15 is 0 Å². The summed E-state index contributed by atoms with van der Waals surface area (Å²) in [5.41, 5.74) is 4.38. The Labute approximate surface area is 204 Å². The van der Waals surface area contributed by atoms with Crippen LogP contribution in [0.3, 0.4) is 0 Å². The van der Waals surface area contributed by atoms with Crippen LogP contribution in [0.5, 0.6) is 11.5 Å². The molecule has 0 bridgehead atoms. The van der Waals surface area contributed by atoms with E-state index in [4.69, 9.17) is 21.7 Å². The third-order valence-corrected chi connectivity index (χ3v) is 6.72. The van der Waals surface area contributed by atoms with Crippen molar-refractivity contribution in [1.82, 2.24) is 4.90 Å². The highest BCUT2D eigenvalue weighted by molar-refractivity contribution is 8.26. The lowest BCUT2D eigenvalue weighted by Crippen LogP contribution is -2.30. The molecule has 1 amide bonds. The number of aryl methyl sites for hydroxylation is 1. The summed E-state index contributed by atoms with van der Waals surface area (Å²) in [5.74, 6) is 1.53. The number of methoxy groups -OCH3 is 1. The fourth-order valence-electron chi connectivity index (χ4n) is 3.42. The number of amides is 1. The summed E-state index contributed by atoms with van der Waals surface area (Å²) in [6.45, 7) is 3.11. The van der Waals surface area contributed by atoms with Crippen molar-refractivity contribution in [3.63, 3.8) is 0 Å².